The smallest absolute Gasteiger partial charge is 0.272 e. The summed E-state index contributed by atoms with van der Waals surface area (Å²) in [5.41, 5.74) is 0.788. The minimum atomic E-state index is 0.0863. The van der Waals surface area contributed by atoms with Crippen LogP contribution in [0.2, 0.25) is 0 Å². The van der Waals surface area contributed by atoms with E-state index in [2.05, 4.69) is 15.0 Å². The van der Waals surface area contributed by atoms with E-state index in [1.165, 1.54) is 4.88 Å². The van der Waals surface area contributed by atoms with Gasteiger partial charge in [0, 0.05) is 56.1 Å². The molecule has 0 aliphatic carbocycles. The number of amides is 1. The molecule has 2 aromatic heterocycles. The van der Waals surface area contributed by atoms with Crippen molar-refractivity contribution in [3.8, 4) is 0 Å². The van der Waals surface area contributed by atoms with Gasteiger partial charge in [-0.2, -0.15) is 5.10 Å². The van der Waals surface area contributed by atoms with Crippen molar-refractivity contribution < 1.29 is 9.53 Å². The molecule has 1 amide bonds. The Balaban J connectivity index is 1.45. The number of carbonyl (C=O) groups is 1. The zero-order chi connectivity index (χ0) is 18.9. The molecule has 1 unspecified atom stereocenters. The first-order valence-corrected chi connectivity index (χ1v) is 10.4. The molecule has 2 saturated heterocycles. The summed E-state index contributed by atoms with van der Waals surface area (Å²) in [7, 11) is 1.66. The van der Waals surface area contributed by atoms with E-state index in [0.29, 0.717) is 18.8 Å². The number of hydrogen-bond donors (Lipinski definition) is 0. The van der Waals surface area contributed by atoms with Crippen LogP contribution in [-0.2, 0) is 17.8 Å². The molecule has 27 heavy (non-hydrogen) atoms. The number of carbonyl (C=O) groups excluding carboxylic acids is 1. The lowest BCUT2D eigenvalue weighted by molar-refractivity contribution is -0.0645. The van der Waals surface area contributed by atoms with Crippen LogP contribution in [0.5, 0.6) is 0 Å². The predicted molar refractivity (Wildman–Crippen MR) is 104 cm³/mol. The van der Waals surface area contributed by atoms with Crippen molar-refractivity contribution in [1.29, 1.82) is 0 Å². The van der Waals surface area contributed by atoms with Crippen molar-refractivity contribution in [2.24, 2.45) is 0 Å². The van der Waals surface area contributed by atoms with Crippen LogP contribution in [-0.4, -0.2) is 69.4 Å². The summed E-state index contributed by atoms with van der Waals surface area (Å²) in [4.78, 5) is 23.4. The first-order chi connectivity index (χ1) is 13.1. The van der Waals surface area contributed by atoms with E-state index < -0.39 is 0 Å². The van der Waals surface area contributed by atoms with E-state index in [1.807, 2.05) is 24.1 Å². The molecular weight excluding hydrogens is 362 g/mol. The van der Waals surface area contributed by atoms with Crippen LogP contribution in [0, 0.1) is 6.92 Å². The summed E-state index contributed by atoms with van der Waals surface area (Å²) >= 11 is 1.77. The Labute approximate surface area is 163 Å². The van der Waals surface area contributed by atoms with Crippen molar-refractivity contribution in [3.63, 3.8) is 0 Å². The average molecular weight is 390 g/mol. The van der Waals surface area contributed by atoms with Crippen molar-refractivity contribution >= 4 is 17.2 Å². The van der Waals surface area contributed by atoms with Gasteiger partial charge in [-0.1, -0.05) is 0 Å². The first kappa shape index (κ1) is 18.6. The predicted octanol–water partition coefficient (Wildman–Crippen LogP) is 2.18. The van der Waals surface area contributed by atoms with E-state index in [-0.39, 0.29) is 11.4 Å². The average Bonchev–Trinajstić information content (AvgIpc) is 3.31. The summed E-state index contributed by atoms with van der Waals surface area (Å²) in [6, 6.07) is 1.82. The number of thiazole rings is 1. The number of rotatable bonds is 6. The number of ether oxygens (including phenoxy) is 1. The Morgan fingerprint density at radius 3 is 2.96 bits per heavy atom. The molecule has 4 heterocycles. The molecule has 4 rings (SSSR count). The largest absolute Gasteiger partial charge is 0.383 e. The van der Waals surface area contributed by atoms with Crippen molar-refractivity contribution in [3.05, 3.63) is 34.0 Å². The van der Waals surface area contributed by atoms with Gasteiger partial charge < -0.3 is 9.64 Å². The molecule has 8 heteroatoms. The second-order valence-electron chi connectivity index (χ2n) is 7.50. The minimum Gasteiger partial charge on any atom is -0.383 e. The number of piperidine rings is 1. The molecule has 2 aliphatic heterocycles. The third-order valence-electron chi connectivity index (χ3n) is 5.82. The molecular formula is C19H27N5O2S. The first-order valence-electron chi connectivity index (χ1n) is 9.58. The highest BCUT2D eigenvalue weighted by Gasteiger charge is 2.48. The minimum absolute atomic E-state index is 0.0863. The topological polar surface area (TPSA) is 63.5 Å². The molecule has 1 spiro atoms. The molecule has 1 atom stereocenters. The molecule has 0 bridgehead atoms. The molecule has 0 N–H and O–H groups in total. The maximum atomic E-state index is 13.1. The van der Waals surface area contributed by atoms with Gasteiger partial charge in [0.2, 0.25) is 0 Å². The lowest BCUT2D eigenvalue weighted by Gasteiger charge is -2.57. The standard InChI is InChI=1S/C19H27N5O2S/c1-15-20-12-16(27-15)13-23-9-6-19(23)5-3-8-22(14-19)18(25)17-4-7-21-24(17)10-11-26-2/h4,7,12H,3,5-6,8-11,13-14H2,1-2H3. The molecule has 0 saturated carbocycles. The molecule has 2 aromatic rings. The zero-order valence-corrected chi connectivity index (χ0v) is 16.9. The van der Waals surface area contributed by atoms with Crippen LogP contribution in [0.3, 0.4) is 0 Å². The zero-order valence-electron chi connectivity index (χ0n) is 16.1. The number of aromatic nitrogens is 3. The number of aryl methyl sites for hydroxylation is 1. The third-order valence-corrected chi connectivity index (χ3v) is 6.72. The van der Waals surface area contributed by atoms with Gasteiger partial charge in [-0.3, -0.25) is 14.4 Å². The summed E-state index contributed by atoms with van der Waals surface area (Å²) in [5.74, 6) is 0.0863. The van der Waals surface area contributed by atoms with E-state index in [4.69, 9.17) is 4.74 Å². The highest BCUT2D eigenvalue weighted by molar-refractivity contribution is 7.11. The van der Waals surface area contributed by atoms with Crippen molar-refractivity contribution in [1.82, 2.24) is 24.6 Å². The second-order valence-corrected chi connectivity index (χ2v) is 8.82. The second kappa shape index (κ2) is 7.69. The van der Waals surface area contributed by atoms with Gasteiger partial charge in [0.25, 0.3) is 5.91 Å². The summed E-state index contributed by atoms with van der Waals surface area (Å²) in [6.45, 7) is 6.87. The van der Waals surface area contributed by atoms with Crippen LogP contribution in [0.25, 0.3) is 0 Å². The fourth-order valence-corrected chi connectivity index (χ4v) is 5.09. The Bertz CT molecular complexity index is 804. The van der Waals surface area contributed by atoms with E-state index in [0.717, 1.165) is 50.4 Å². The number of likely N-dealkylation sites (tertiary alicyclic amines) is 2. The van der Waals surface area contributed by atoms with Gasteiger partial charge in [-0.15, -0.1) is 11.3 Å². The van der Waals surface area contributed by atoms with Gasteiger partial charge in [-0.25, -0.2) is 4.98 Å². The van der Waals surface area contributed by atoms with Crippen LogP contribution in [0.4, 0.5) is 0 Å². The lowest BCUT2D eigenvalue weighted by atomic mass is 9.77. The Kier molecular flexibility index (Phi) is 5.29. The SMILES string of the molecule is COCCn1nccc1C(=O)N1CCCC2(CCN2Cc2cnc(C)s2)C1. The van der Waals surface area contributed by atoms with Crippen LogP contribution in [0.1, 0.15) is 39.6 Å². The fraction of sp³-hybridized carbons (Fsp3) is 0.632. The van der Waals surface area contributed by atoms with E-state index >= 15 is 0 Å². The molecule has 2 fully saturated rings. The maximum Gasteiger partial charge on any atom is 0.272 e. The van der Waals surface area contributed by atoms with Crippen molar-refractivity contribution in [2.45, 2.75) is 44.8 Å². The number of nitrogens with zero attached hydrogens (tertiary/aromatic N) is 5. The number of methoxy groups -OCH3 is 1. The quantitative estimate of drug-likeness (QED) is 0.758. The molecule has 146 valence electrons. The summed E-state index contributed by atoms with van der Waals surface area (Å²) in [6.07, 6.45) is 7.07. The third kappa shape index (κ3) is 3.66. The normalized spacial score (nSPS) is 23.0. The van der Waals surface area contributed by atoms with Crippen molar-refractivity contribution in [2.75, 3.05) is 33.4 Å². The fourth-order valence-electron chi connectivity index (χ4n) is 4.28. The highest BCUT2D eigenvalue weighted by atomic mass is 32.1. The van der Waals surface area contributed by atoms with Crippen LogP contribution >= 0.6 is 11.3 Å². The molecule has 7 nitrogen and oxygen atoms in total. The number of hydrogen-bond acceptors (Lipinski definition) is 6. The van der Waals surface area contributed by atoms with Gasteiger partial charge in [-0.05, 0) is 32.3 Å². The van der Waals surface area contributed by atoms with E-state index in [1.54, 1.807) is 29.3 Å². The maximum absolute atomic E-state index is 13.1. The summed E-state index contributed by atoms with van der Waals surface area (Å²) < 4.78 is 6.89. The van der Waals surface area contributed by atoms with Crippen LogP contribution in [0.15, 0.2) is 18.5 Å². The molecule has 0 radical (unpaired) electrons. The Hall–Kier alpha value is -1.77. The highest BCUT2D eigenvalue weighted by Crippen LogP contribution is 2.40. The Morgan fingerprint density at radius 1 is 1.37 bits per heavy atom. The summed E-state index contributed by atoms with van der Waals surface area (Å²) in [5, 5.41) is 5.40. The van der Waals surface area contributed by atoms with Gasteiger partial charge in [0.05, 0.1) is 18.2 Å². The van der Waals surface area contributed by atoms with Gasteiger partial charge in [0.1, 0.15) is 5.69 Å². The van der Waals surface area contributed by atoms with Gasteiger partial charge >= 0.3 is 0 Å². The lowest BCUT2D eigenvalue weighted by Crippen LogP contribution is -2.67. The van der Waals surface area contributed by atoms with E-state index in [9.17, 15) is 4.79 Å². The monoisotopic (exact) mass is 389 g/mol. The van der Waals surface area contributed by atoms with Gasteiger partial charge in [0.15, 0.2) is 0 Å². The Morgan fingerprint density at radius 2 is 2.26 bits per heavy atom. The molecule has 2 aliphatic rings. The molecule has 0 aromatic carbocycles. The van der Waals surface area contributed by atoms with Crippen LogP contribution < -0.4 is 0 Å².